The molecule has 2 heterocycles. The number of carbonyl (C=O) groups is 2. The number of hydrogen-bond acceptors (Lipinski definition) is 4. The third-order valence-electron chi connectivity index (χ3n) is 2.94. The van der Waals surface area contributed by atoms with Crippen LogP contribution < -0.4 is 20.2 Å². The maximum absolute atomic E-state index is 10.8. The van der Waals surface area contributed by atoms with Crippen LogP contribution in [0.4, 0.5) is 0 Å². The van der Waals surface area contributed by atoms with Crippen LogP contribution in [0.1, 0.15) is 11.1 Å². The van der Waals surface area contributed by atoms with E-state index in [1.165, 1.54) is 11.1 Å². The molecule has 2 N–H and O–H groups in total. The van der Waals surface area contributed by atoms with Gasteiger partial charge in [0.05, 0.1) is 8.96 Å². The van der Waals surface area contributed by atoms with Crippen molar-refractivity contribution < 1.29 is 29.8 Å². The van der Waals surface area contributed by atoms with Crippen LogP contribution in [0.15, 0.2) is 69.5 Å². The van der Waals surface area contributed by atoms with E-state index < -0.39 is 32.0 Å². The maximum atomic E-state index is 10.8. The lowest BCUT2D eigenvalue weighted by molar-refractivity contribution is -0.378. The molecule has 0 aliphatic heterocycles. The van der Waals surface area contributed by atoms with Gasteiger partial charge in [0.15, 0.2) is 36.4 Å². The van der Waals surface area contributed by atoms with E-state index >= 15 is 0 Å². The second-order valence-corrected chi connectivity index (χ2v) is 6.69. The highest BCUT2D eigenvalue weighted by molar-refractivity contribution is 9.12. The summed E-state index contributed by atoms with van der Waals surface area (Å²) < 4.78 is -0.999. The highest BCUT2D eigenvalue weighted by atomic mass is 79.9. The van der Waals surface area contributed by atoms with Gasteiger partial charge in [0.1, 0.15) is 0 Å². The first-order valence-electron chi connectivity index (χ1n) is 7.34. The van der Waals surface area contributed by atoms with E-state index in [-0.39, 0.29) is 0 Å². The number of rotatable bonds is 0. The van der Waals surface area contributed by atoms with Crippen LogP contribution in [0.2, 0.25) is 0 Å². The summed E-state index contributed by atoms with van der Waals surface area (Å²) in [6, 6.07) is 8.07. The van der Waals surface area contributed by atoms with Gasteiger partial charge >= 0.3 is 0 Å². The van der Waals surface area contributed by atoms with Crippen molar-refractivity contribution in [2.45, 2.75) is 13.8 Å². The van der Waals surface area contributed by atoms with Gasteiger partial charge in [-0.05, 0) is 69.4 Å². The Balaban J connectivity index is 0.000000207. The quantitative estimate of drug-likeness (QED) is 0.513. The molecule has 0 saturated carbocycles. The summed E-state index contributed by atoms with van der Waals surface area (Å²) in [7, 11) is 0. The molecule has 8 heteroatoms. The minimum absolute atomic E-state index is 0.499. The van der Waals surface area contributed by atoms with Crippen LogP contribution in [0.25, 0.3) is 0 Å². The minimum Gasteiger partial charge on any atom is -0.869 e. The molecule has 1 aliphatic rings. The molecule has 0 atom stereocenters. The van der Waals surface area contributed by atoms with E-state index in [9.17, 15) is 19.8 Å². The van der Waals surface area contributed by atoms with E-state index in [2.05, 4.69) is 67.8 Å². The molecule has 0 radical (unpaired) electrons. The van der Waals surface area contributed by atoms with Gasteiger partial charge in [0.25, 0.3) is 0 Å². The summed E-state index contributed by atoms with van der Waals surface area (Å²) in [6.45, 7) is 4.10. The number of halogens is 2. The Bertz CT molecular complexity index is 735. The minimum atomic E-state index is -0.994. The topological polar surface area (TPSA) is 109 Å². The zero-order valence-corrected chi connectivity index (χ0v) is 17.2. The highest BCUT2D eigenvalue weighted by Gasteiger charge is 2.21. The molecule has 0 amide bonds. The maximum Gasteiger partial charge on any atom is 0.185 e. The van der Waals surface area contributed by atoms with Gasteiger partial charge < -0.3 is 10.2 Å². The highest BCUT2D eigenvalue weighted by Crippen LogP contribution is 2.25. The molecule has 0 unspecified atom stereocenters. The largest absolute Gasteiger partial charge is 0.869 e. The molecule has 2 aromatic rings. The third-order valence-corrected chi connectivity index (χ3v) is 4.38. The Morgan fingerprint density at radius 2 is 1.12 bits per heavy atom. The van der Waals surface area contributed by atoms with Crippen LogP contribution in [-0.4, -0.2) is 11.6 Å². The summed E-state index contributed by atoms with van der Waals surface area (Å²) in [5.74, 6) is -3.98. The normalized spacial score (nSPS) is 13.5. The van der Waals surface area contributed by atoms with Gasteiger partial charge in [-0.2, -0.15) is 0 Å². The van der Waals surface area contributed by atoms with Crippen molar-refractivity contribution in [1.82, 2.24) is 0 Å². The molecule has 136 valence electrons. The van der Waals surface area contributed by atoms with Crippen LogP contribution in [0.5, 0.6) is 0 Å². The number of ketones is 2. The monoisotopic (exact) mass is 482 g/mol. The number of aryl methyl sites for hydroxylation is 2. The van der Waals surface area contributed by atoms with Crippen molar-refractivity contribution in [2.24, 2.45) is 0 Å². The first-order chi connectivity index (χ1) is 12.3. The number of hydrogen-bond donors (Lipinski definition) is 0. The molecule has 0 fully saturated rings. The lowest BCUT2D eigenvalue weighted by atomic mass is 10.1. The second kappa shape index (κ2) is 10.6. The van der Waals surface area contributed by atoms with Crippen LogP contribution in [0, 0.1) is 13.8 Å². The lowest BCUT2D eigenvalue weighted by Gasteiger charge is -2.23. The van der Waals surface area contributed by atoms with Gasteiger partial charge in [-0.3, -0.25) is 9.59 Å². The number of pyridine rings is 2. The predicted molar refractivity (Wildman–Crippen MR) is 97.4 cm³/mol. The Labute approximate surface area is 167 Å². The van der Waals surface area contributed by atoms with E-state index in [1.807, 2.05) is 36.9 Å². The Morgan fingerprint density at radius 1 is 0.769 bits per heavy atom. The van der Waals surface area contributed by atoms with Crippen LogP contribution in [0.3, 0.4) is 0 Å². The SMILES string of the molecule is Cc1ccc[nH+]c1.Cc1ccc[nH+]c1.O=C1C([O-])=C(Br)C(=O)C([O-])=C1Br. The molecule has 26 heavy (non-hydrogen) atoms. The van der Waals surface area contributed by atoms with Crippen molar-refractivity contribution >= 4 is 43.4 Å². The van der Waals surface area contributed by atoms with E-state index in [0.717, 1.165) is 0 Å². The van der Waals surface area contributed by atoms with Crippen molar-refractivity contribution in [2.75, 3.05) is 0 Å². The zero-order valence-electron chi connectivity index (χ0n) is 14.0. The number of aromatic nitrogens is 2. The molecule has 0 saturated heterocycles. The number of carbonyl (C=O) groups excluding carboxylic acids is 2. The molecule has 2 aromatic heterocycles. The van der Waals surface area contributed by atoms with Crippen LogP contribution in [-0.2, 0) is 9.59 Å². The van der Waals surface area contributed by atoms with Crippen LogP contribution >= 0.6 is 31.9 Å². The Morgan fingerprint density at radius 3 is 1.31 bits per heavy atom. The van der Waals surface area contributed by atoms with Gasteiger partial charge in [-0.15, -0.1) is 0 Å². The fraction of sp³-hybridized carbons (Fsp3) is 0.111. The number of Topliss-reactive ketones (excluding diaryl/α,β-unsaturated/α-hetero) is 2. The summed E-state index contributed by atoms with van der Waals surface area (Å²) >= 11 is 5.14. The summed E-state index contributed by atoms with van der Waals surface area (Å²) in [6.07, 6.45) is 7.71. The van der Waals surface area contributed by atoms with E-state index in [0.29, 0.717) is 0 Å². The Kier molecular flexibility index (Phi) is 8.87. The molecule has 6 nitrogen and oxygen atoms in total. The fourth-order valence-electron chi connectivity index (χ4n) is 1.57. The van der Waals surface area contributed by atoms with Gasteiger partial charge in [-0.25, -0.2) is 9.97 Å². The third kappa shape index (κ3) is 6.53. The average Bonchev–Trinajstić information content (AvgIpc) is 2.65. The van der Waals surface area contributed by atoms with Crippen molar-refractivity contribution in [3.63, 3.8) is 0 Å². The lowest BCUT2D eigenvalue weighted by Crippen LogP contribution is -2.30. The van der Waals surface area contributed by atoms with Crippen molar-refractivity contribution in [3.8, 4) is 0 Å². The second-order valence-electron chi connectivity index (χ2n) is 5.11. The van der Waals surface area contributed by atoms with Gasteiger partial charge in [-0.1, -0.05) is 0 Å². The van der Waals surface area contributed by atoms with E-state index in [1.54, 1.807) is 0 Å². The van der Waals surface area contributed by atoms with E-state index in [4.69, 9.17) is 0 Å². The van der Waals surface area contributed by atoms with Crippen molar-refractivity contribution in [1.29, 1.82) is 0 Å². The van der Waals surface area contributed by atoms with Gasteiger partial charge in [0.2, 0.25) is 0 Å². The average molecular weight is 484 g/mol. The van der Waals surface area contributed by atoms with Crippen molar-refractivity contribution in [3.05, 3.63) is 80.7 Å². The Hall–Kier alpha value is -2.32. The van der Waals surface area contributed by atoms with Gasteiger partial charge in [0, 0.05) is 23.3 Å². The standard InChI is InChI=1S/C6H2Br2O4.2C6H7N/c7-1-3(9)5(11)2(8)6(12)4(1)10;2*1-6-3-2-4-7-5-6/h9,12H;2*2-5H,1H3. The summed E-state index contributed by atoms with van der Waals surface area (Å²) in [4.78, 5) is 27.6. The first kappa shape index (κ1) is 21.7. The first-order valence-corrected chi connectivity index (χ1v) is 8.92. The molecule has 0 aromatic carbocycles. The predicted octanol–water partition coefficient (Wildman–Crippen LogP) is 0.690. The molecular formula is C18H16Br2N2O4. The molecule has 0 bridgehead atoms. The number of H-pyrrole nitrogens is 2. The number of nitrogens with one attached hydrogen (secondary N) is 2. The smallest absolute Gasteiger partial charge is 0.185 e. The number of aromatic amines is 2. The summed E-state index contributed by atoms with van der Waals surface area (Å²) in [5, 5.41) is 21.7. The summed E-state index contributed by atoms with van der Waals surface area (Å²) in [5.41, 5.74) is 2.53. The fourth-order valence-corrected chi connectivity index (χ4v) is 2.29. The zero-order chi connectivity index (χ0) is 19.7. The molecule has 0 spiro atoms. The number of allylic oxidation sites excluding steroid dienone is 2. The molecule has 3 rings (SSSR count). The molecule has 1 aliphatic carbocycles. The molecular weight excluding hydrogens is 468 g/mol.